The van der Waals surface area contributed by atoms with E-state index in [1.54, 1.807) is 0 Å². The van der Waals surface area contributed by atoms with Crippen LogP contribution in [0.1, 0.15) is 0 Å². The number of isocyanates is 2. The second kappa shape index (κ2) is 28.8. The maximum absolute atomic E-state index is 10.6. The molecule has 16 nitrogen and oxygen atoms in total. The molecule has 0 aliphatic rings. The lowest BCUT2D eigenvalue weighted by molar-refractivity contribution is -0.177. The molecular formula is C13H26N6O10. The van der Waals surface area contributed by atoms with Crippen LogP contribution in [0.15, 0.2) is 9.98 Å². The van der Waals surface area contributed by atoms with Gasteiger partial charge in [0.15, 0.2) is 0 Å². The molecule has 0 fully saturated rings. The Morgan fingerprint density at radius 2 is 1.14 bits per heavy atom. The molecule has 0 aromatic carbocycles. The second-order valence-corrected chi connectivity index (χ2v) is 3.46. The van der Waals surface area contributed by atoms with Crippen LogP contribution in [0.25, 0.3) is 0 Å². The fourth-order valence-electron chi connectivity index (χ4n) is 0.547. The second-order valence-electron chi connectivity index (χ2n) is 3.46. The van der Waals surface area contributed by atoms with Crippen molar-refractivity contribution >= 4 is 36.5 Å². The minimum absolute atomic E-state index is 0. The Balaban J connectivity index is -0.0000000950. The number of urea groups is 1. The number of aliphatic imine (C=N–C) groups is 2. The molecule has 0 atom stereocenters. The Morgan fingerprint density at radius 1 is 0.828 bits per heavy atom. The van der Waals surface area contributed by atoms with Gasteiger partial charge in [-0.05, 0) is 0 Å². The summed E-state index contributed by atoms with van der Waals surface area (Å²) in [6, 6.07) is -0.494. The molecule has 0 aliphatic carbocycles. The minimum atomic E-state index is -0.830. The van der Waals surface area contributed by atoms with Crippen LogP contribution in [0.3, 0.4) is 0 Å². The molecule has 29 heavy (non-hydrogen) atoms. The van der Waals surface area contributed by atoms with E-state index >= 15 is 0 Å². The summed E-state index contributed by atoms with van der Waals surface area (Å²) in [5, 5.41) is 6.42. The molecule has 5 N–H and O–H groups in total. The molecule has 16 heteroatoms. The third kappa shape index (κ3) is 32.2. The van der Waals surface area contributed by atoms with Crippen LogP contribution in [-0.4, -0.2) is 96.2 Å². The van der Waals surface area contributed by atoms with Crippen LogP contribution < -0.4 is 16.0 Å². The molecule has 5 amide bonds. The van der Waals surface area contributed by atoms with Gasteiger partial charge in [0, 0.05) is 42.3 Å². The number of carbonyl (C=O) groups excluding carboxylic acids is 6. The fraction of sp³-hybridized carbons (Fsp3) is 0.538. The topological polar surface area (TPSA) is 226 Å². The van der Waals surface area contributed by atoms with Crippen molar-refractivity contribution in [2.24, 2.45) is 9.98 Å². The lowest BCUT2D eigenvalue weighted by atomic mass is 10.8. The van der Waals surface area contributed by atoms with Crippen molar-refractivity contribution in [2.75, 3.05) is 49.4 Å². The Kier molecular flexibility index (Phi) is 35.7. The fourth-order valence-corrected chi connectivity index (χ4v) is 0.547. The summed E-state index contributed by atoms with van der Waals surface area (Å²) in [6.07, 6.45) is 0.270. The maximum atomic E-state index is 10.6. The highest BCUT2D eigenvalue weighted by Crippen LogP contribution is 1.87. The van der Waals surface area contributed by atoms with Crippen LogP contribution in [-0.2, 0) is 24.1 Å². The van der Waals surface area contributed by atoms with Crippen LogP contribution in [0.5, 0.6) is 0 Å². The number of carbonyl (C=O) groups is 4. The third-order valence-corrected chi connectivity index (χ3v) is 1.75. The standard InChI is InChI=1S/C5H10N2O3.C4H8N2O4.2C2H3NO.H2O/c1-6-4(8)7(2)5(9)10-3;1-5-3(7)9-10-4(8)6-2;2*1-3-2-4;/h1-3H3,(H,6,8);1-2H3,(H,5,7)(H,6,8);2*1H3;1H2. The molecular weight excluding hydrogens is 400 g/mol. The van der Waals surface area contributed by atoms with E-state index in [1.807, 2.05) is 0 Å². The van der Waals surface area contributed by atoms with E-state index in [9.17, 15) is 19.2 Å². The molecule has 0 saturated carbocycles. The van der Waals surface area contributed by atoms with Crippen molar-refractivity contribution in [1.82, 2.24) is 20.9 Å². The van der Waals surface area contributed by atoms with Gasteiger partial charge in [0.2, 0.25) is 12.2 Å². The van der Waals surface area contributed by atoms with Gasteiger partial charge in [-0.3, -0.25) is 0 Å². The quantitative estimate of drug-likeness (QED) is 0.181. The summed E-state index contributed by atoms with van der Waals surface area (Å²) in [4.78, 5) is 73.8. The SMILES string of the molecule is CN=C=O.CN=C=O.CNC(=O)N(C)C(=O)OC.CNC(=O)OOC(=O)NC.O. The molecule has 0 spiro atoms. The molecule has 0 heterocycles. The van der Waals surface area contributed by atoms with Crippen molar-refractivity contribution in [2.45, 2.75) is 0 Å². The van der Waals surface area contributed by atoms with E-state index in [-0.39, 0.29) is 5.48 Å². The van der Waals surface area contributed by atoms with Gasteiger partial charge in [-0.15, -0.1) is 0 Å². The zero-order valence-electron chi connectivity index (χ0n) is 17.0. The molecule has 0 rings (SSSR count). The Labute approximate surface area is 166 Å². The zero-order chi connectivity index (χ0) is 23.0. The van der Waals surface area contributed by atoms with Gasteiger partial charge in [0.25, 0.3) is 0 Å². The predicted octanol–water partition coefficient (Wildman–Crippen LogP) is -1.28. The number of imide groups is 1. The number of ether oxygens (including phenoxy) is 1. The molecule has 168 valence electrons. The highest BCUT2D eigenvalue weighted by Gasteiger charge is 2.14. The third-order valence-electron chi connectivity index (χ3n) is 1.75. The van der Waals surface area contributed by atoms with Crippen molar-refractivity contribution in [3.05, 3.63) is 0 Å². The van der Waals surface area contributed by atoms with Crippen LogP contribution in [0.2, 0.25) is 0 Å². The summed E-state index contributed by atoms with van der Waals surface area (Å²) in [5.74, 6) is 0. The summed E-state index contributed by atoms with van der Waals surface area (Å²) in [5.41, 5.74) is 0. The smallest absolute Gasteiger partial charge is 0.450 e. The highest BCUT2D eigenvalue weighted by molar-refractivity contribution is 5.90. The van der Waals surface area contributed by atoms with Gasteiger partial charge in [-0.1, -0.05) is 0 Å². The van der Waals surface area contributed by atoms with Crippen LogP contribution >= 0.6 is 0 Å². The first-order valence-electron chi connectivity index (χ1n) is 6.90. The lowest BCUT2D eigenvalue weighted by Crippen LogP contribution is -2.39. The first kappa shape index (κ1) is 36.0. The number of hydrogen-bond donors (Lipinski definition) is 3. The maximum Gasteiger partial charge on any atom is 0.450 e. The van der Waals surface area contributed by atoms with E-state index in [1.165, 1.54) is 61.6 Å². The Bertz CT molecular complexity index is 510. The van der Waals surface area contributed by atoms with Gasteiger partial charge < -0.3 is 26.2 Å². The Morgan fingerprint density at radius 3 is 1.31 bits per heavy atom. The lowest BCUT2D eigenvalue weighted by Gasteiger charge is -2.11. The normalized spacial score (nSPS) is 6.72. The predicted molar refractivity (Wildman–Crippen MR) is 97.4 cm³/mol. The van der Waals surface area contributed by atoms with Crippen molar-refractivity contribution in [3.8, 4) is 0 Å². The average molecular weight is 426 g/mol. The number of rotatable bonds is 0. The van der Waals surface area contributed by atoms with Crippen LogP contribution in [0, 0.1) is 0 Å². The molecule has 0 radical (unpaired) electrons. The molecule has 0 aliphatic heterocycles. The summed E-state index contributed by atoms with van der Waals surface area (Å²) >= 11 is 0. The van der Waals surface area contributed by atoms with Crippen LogP contribution in [0.4, 0.5) is 19.2 Å². The van der Waals surface area contributed by atoms with Gasteiger partial charge in [0.05, 0.1) is 7.11 Å². The summed E-state index contributed by atoms with van der Waals surface area (Å²) < 4.78 is 4.26. The Hall–Kier alpha value is -4.00. The highest BCUT2D eigenvalue weighted by atomic mass is 17.2. The monoisotopic (exact) mass is 426 g/mol. The van der Waals surface area contributed by atoms with Gasteiger partial charge in [0.1, 0.15) is 0 Å². The largest absolute Gasteiger partial charge is 0.452 e. The molecule has 0 aromatic rings. The van der Waals surface area contributed by atoms with Crippen molar-refractivity contribution in [3.63, 3.8) is 0 Å². The zero-order valence-corrected chi connectivity index (χ0v) is 17.0. The van der Waals surface area contributed by atoms with E-state index in [2.05, 4.69) is 40.4 Å². The number of amides is 5. The van der Waals surface area contributed by atoms with E-state index in [0.717, 1.165) is 4.90 Å². The molecule has 0 unspecified atom stereocenters. The molecule has 0 aromatic heterocycles. The average Bonchev–Trinajstić information content (AvgIpc) is 2.75. The van der Waals surface area contributed by atoms with E-state index < -0.39 is 24.3 Å². The van der Waals surface area contributed by atoms with E-state index in [4.69, 9.17) is 9.59 Å². The number of nitrogens with one attached hydrogen (secondary N) is 3. The number of methoxy groups -OCH3 is 1. The summed E-state index contributed by atoms with van der Waals surface area (Å²) in [7, 11) is 9.42. The van der Waals surface area contributed by atoms with Gasteiger partial charge >= 0.3 is 24.3 Å². The first-order valence-corrected chi connectivity index (χ1v) is 6.90. The minimum Gasteiger partial charge on any atom is -0.452 e. The number of hydrogen-bond acceptors (Lipinski definition) is 11. The van der Waals surface area contributed by atoms with Gasteiger partial charge in [-0.25, -0.2) is 53.4 Å². The van der Waals surface area contributed by atoms with Gasteiger partial charge in [-0.2, -0.15) is 0 Å². The molecule has 0 saturated heterocycles. The number of nitrogens with zero attached hydrogens (tertiary/aromatic N) is 3. The van der Waals surface area contributed by atoms with Crippen molar-refractivity contribution in [1.29, 1.82) is 0 Å². The molecule has 0 bridgehead atoms. The first-order chi connectivity index (χ1) is 13.2. The van der Waals surface area contributed by atoms with E-state index in [0.29, 0.717) is 0 Å². The van der Waals surface area contributed by atoms with Crippen molar-refractivity contribution < 1.29 is 48.8 Å². The summed E-state index contributed by atoms with van der Waals surface area (Å²) in [6.45, 7) is 0.